The van der Waals surface area contributed by atoms with Crippen LogP contribution in [0.1, 0.15) is 57.0 Å². The van der Waals surface area contributed by atoms with Gasteiger partial charge in [0.2, 0.25) is 22.9 Å². The van der Waals surface area contributed by atoms with Crippen LogP contribution < -0.4 is 10.2 Å². The molecule has 2 saturated heterocycles. The number of amides is 3. The highest BCUT2D eigenvalue weighted by Gasteiger charge is 2.38. The van der Waals surface area contributed by atoms with Gasteiger partial charge in [0, 0.05) is 43.1 Å². The maximum absolute atomic E-state index is 13.1. The largest absolute Gasteiger partial charge is 0.342 e. The Bertz CT molecular complexity index is 1060. The van der Waals surface area contributed by atoms with Crippen LogP contribution in [0.5, 0.6) is 0 Å². The zero-order valence-electron chi connectivity index (χ0n) is 20.3. The van der Waals surface area contributed by atoms with Crippen LogP contribution in [0.3, 0.4) is 0 Å². The molecule has 0 spiro atoms. The Kier molecular flexibility index (Phi) is 7.02. The van der Waals surface area contributed by atoms with Crippen molar-refractivity contribution in [3.05, 3.63) is 34.8 Å². The van der Waals surface area contributed by atoms with Crippen LogP contribution in [0.2, 0.25) is 0 Å². The summed E-state index contributed by atoms with van der Waals surface area (Å²) in [5.41, 5.74) is 1.90. The molecule has 2 aromatic rings. The number of carbonyl (C=O) groups is 3. The van der Waals surface area contributed by atoms with Gasteiger partial charge < -0.3 is 15.1 Å². The molecule has 9 heteroatoms. The van der Waals surface area contributed by atoms with E-state index in [0.717, 1.165) is 22.7 Å². The van der Waals surface area contributed by atoms with Crippen LogP contribution >= 0.6 is 11.3 Å². The molecule has 8 nitrogen and oxygen atoms in total. The molecule has 0 bridgehead atoms. The summed E-state index contributed by atoms with van der Waals surface area (Å²) in [5.74, 6) is -0.562. The van der Waals surface area contributed by atoms with E-state index in [2.05, 4.69) is 36.3 Å². The van der Waals surface area contributed by atoms with Crippen molar-refractivity contribution >= 4 is 39.9 Å². The molecule has 2 aliphatic rings. The summed E-state index contributed by atoms with van der Waals surface area (Å²) in [4.78, 5) is 41.9. The van der Waals surface area contributed by atoms with E-state index < -0.39 is 0 Å². The lowest BCUT2D eigenvalue weighted by Crippen LogP contribution is -2.44. The molecule has 0 radical (unpaired) electrons. The number of hydrogen-bond acceptors (Lipinski definition) is 6. The number of likely N-dealkylation sites (tertiary alicyclic amines) is 1. The monoisotopic (exact) mass is 483 g/mol. The number of hydrogen-bond donors (Lipinski definition) is 1. The third-order valence-electron chi connectivity index (χ3n) is 7.12. The number of nitrogens with one attached hydrogen (secondary N) is 1. The van der Waals surface area contributed by atoms with Crippen LogP contribution in [0.25, 0.3) is 0 Å². The predicted molar refractivity (Wildman–Crippen MR) is 133 cm³/mol. The van der Waals surface area contributed by atoms with Crippen molar-refractivity contribution < 1.29 is 14.4 Å². The van der Waals surface area contributed by atoms with Gasteiger partial charge in [0.25, 0.3) is 0 Å². The highest BCUT2D eigenvalue weighted by Crippen LogP contribution is 2.32. The smallest absolute Gasteiger partial charge is 0.229 e. The highest BCUT2D eigenvalue weighted by atomic mass is 32.1. The fourth-order valence-corrected chi connectivity index (χ4v) is 5.29. The van der Waals surface area contributed by atoms with Gasteiger partial charge in [-0.25, -0.2) is 0 Å². The Labute approximate surface area is 204 Å². The van der Waals surface area contributed by atoms with E-state index in [1.54, 1.807) is 4.90 Å². The number of aryl methyl sites for hydroxylation is 1. The van der Waals surface area contributed by atoms with Gasteiger partial charge in [-0.2, -0.15) is 0 Å². The topological polar surface area (TPSA) is 95.5 Å². The van der Waals surface area contributed by atoms with Gasteiger partial charge in [-0.05, 0) is 38.3 Å². The average molecular weight is 484 g/mol. The summed E-state index contributed by atoms with van der Waals surface area (Å²) < 4.78 is 0. The number of piperidine rings is 1. The average Bonchev–Trinajstić information content (AvgIpc) is 3.46. The second-order valence-electron chi connectivity index (χ2n) is 9.98. The maximum Gasteiger partial charge on any atom is 0.229 e. The fourth-order valence-electron chi connectivity index (χ4n) is 4.37. The lowest BCUT2D eigenvalue weighted by Gasteiger charge is -2.32. The molecule has 1 aromatic carbocycles. The van der Waals surface area contributed by atoms with Crippen molar-refractivity contribution in [2.75, 3.05) is 29.9 Å². The lowest BCUT2D eigenvalue weighted by molar-refractivity contribution is -0.138. The molecule has 3 amide bonds. The van der Waals surface area contributed by atoms with Gasteiger partial charge in [0.1, 0.15) is 5.01 Å². The van der Waals surface area contributed by atoms with Gasteiger partial charge in [0.15, 0.2) is 0 Å². The number of nitrogens with zero attached hydrogens (tertiary/aromatic N) is 4. The highest BCUT2D eigenvalue weighted by molar-refractivity contribution is 7.15. The summed E-state index contributed by atoms with van der Waals surface area (Å²) in [5, 5.41) is 12.7. The van der Waals surface area contributed by atoms with E-state index in [4.69, 9.17) is 0 Å². The zero-order valence-corrected chi connectivity index (χ0v) is 21.2. The molecule has 1 N–H and O–H groups in total. The fraction of sp³-hybridized carbons (Fsp3) is 0.560. The molecular formula is C25H33N5O3S. The maximum atomic E-state index is 13.1. The molecule has 0 unspecified atom stereocenters. The normalized spacial score (nSPS) is 19.5. The van der Waals surface area contributed by atoms with E-state index in [1.807, 2.05) is 36.1 Å². The molecule has 34 heavy (non-hydrogen) atoms. The molecule has 4 rings (SSSR count). The Morgan fingerprint density at radius 3 is 2.44 bits per heavy atom. The summed E-state index contributed by atoms with van der Waals surface area (Å²) in [6.07, 6.45) is 2.39. The molecule has 2 fully saturated rings. The van der Waals surface area contributed by atoms with Crippen molar-refractivity contribution in [3.8, 4) is 0 Å². The Hall–Kier alpha value is -2.81. The van der Waals surface area contributed by atoms with Crippen molar-refractivity contribution in [3.63, 3.8) is 0 Å². The van der Waals surface area contributed by atoms with Crippen LogP contribution in [-0.2, 0) is 19.8 Å². The van der Waals surface area contributed by atoms with Crippen molar-refractivity contribution in [2.24, 2.45) is 11.8 Å². The number of anilines is 2. The van der Waals surface area contributed by atoms with E-state index in [0.29, 0.717) is 37.6 Å². The van der Waals surface area contributed by atoms with Gasteiger partial charge >= 0.3 is 0 Å². The van der Waals surface area contributed by atoms with Crippen LogP contribution in [0.4, 0.5) is 10.8 Å². The molecule has 0 aliphatic carbocycles. The van der Waals surface area contributed by atoms with E-state index >= 15 is 0 Å². The van der Waals surface area contributed by atoms with Crippen molar-refractivity contribution in [1.29, 1.82) is 0 Å². The molecule has 182 valence electrons. The van der Waals surface area contributed by atoms with Gasteiger partial charge in [-0.3, -0.25) is 14.4 Å². The van der Waals surface area contributed by atoms with Gasteiger partial charge in [-0.1, -0.05) is 49.8 Å². The molecular weight excluding hydrogens is 450 g/mol. The lowest BCUT2D eigenvalue weighted by atomic mass is 9.91. The Morgan fingerprint density at radius 2 is 1.79 bits per heavy atom. The first kappa shape index (κ1) is 24.3. The number of carbonyl (C=O) groups excluding carboxylic acids is 3. The first-order valence-corrected chi connectivity index (χ1v) is 12.8. The third kappa shape index (κ3) is 5.14. The quantitative estimate of drug-likeness (QED) is 0.675. The zero-order chi connectivity index (χ0) is 24.5. The molecule has 0 saturated carbocycles. The second kappa shape index (κ2) is 9.82. The SMILES string of the molecule is CCC(C)(C)c1nnc(NC(=O)C2CCN(C(=O)[C@H]3CC(=O)N(c4ccc(C)cc4)C3)CC2)s1. The molecule has 3 heterocycles. The van der Waals surface area contributed by atoms with Crippen LogP contribution in [-0.4, -0.2) is 52.5 Å². The first-order chi connectivity index (χ1) is 16.2. The van der Waals surface area contributed by atoms with Gasteiger partial charge in [-0.15, -0.1) is 10.2 Å². The van der Waals surface area contributed by atoms with Crippen LogP contribution in [0, 0.1) is 18.8 Å². The number of rotatable bonds is 6. The number of aromatic nitrogens is 2. The first-order valence-electron chi connectivity index (χ1n) is 12.0. The van der Waals surface area contributed by atoms with E-state index in [9.17, 15) is 14.4 Å². The summed E-state index contributed by atoms with van der Waals surface area (Å²) in [7, 11) is 0. The van der Waals surface area contributed by atoms with Crippen molar-refractivity contribution in [2.45, 2.75) is 58.8 Å². The third-order valence-corrected chi connectivity index (χ3v) is 8.32. The van der Waals surface area contributed by atoms with Gasteiger partial charge in [0.05, 0.1) is 5.92 Å². The molecule has 1 aromatic heterocycles. The predicted octanol–water partition coefficient (Wildman–Crippen LogP) is 3.76. The van der Waals surface area contributed by atoms with E-state index in [-0.39, 0.29) is 41.4 Å². The molecule has 2 aliphatic heterocycles. The van der Waals surface area contributed by atoms with Crippen LogP contribution in [0.15, 0.2) is 24.3 Å². The summed E-state index contributed by atoms with van der Waals surface area (Å²) >= 11 is 1.42. The Balaban J connectivity index is 1.29. The Morgan fingerprint density at radius 1 is 1.12 bits per heavy atom. The minimum Gasteiger partial charge on any atom is -0.342 e. The summed E-state index contributed by atoms with van der Waals surface area (Å²) in [6.45, 7) is 9.80. The second-order valence-corrected chi connectivity index (χ2v) is 11.0. The van der Waals surface area contributed by atoms with Crippen molar-refractivity contribution in [1.82, 2.24) is 15.1 Å². The van der Waals surface area contributed by atoms with E-state index in [1.165, 1.54) is 11.3 Å². The standard InChI is InChI=1S/C25H33N5O3S/c1-5-25(3,4)23-27-28-24(34-23)26-21(32)17-10-12-29(13-11-17)22(33)18-14-20(31)30(15-18)19-8-6-16(2)7-9-19/h6-9,17-18H,5,10-15H2,1-4H3,(H,26,28,32)/t18-/m0/s1. The summed E-state index contributed by atoms with van der Waals surface area (Å²) in [6, 6.07) is 7.80. The molecule has 1 atom stereocenters. The minimum absolute atomic E-state index is 0.0115. The minimum atomic E-state index is -0.332. The number of benzene rings is 1.